The van der Waals surface area contributed by atoms with E-state index in [1.807, 2.05) is 18.4 Å². The third-order valence-electron chi connectivity index (χ3n) is 4.36. The predicted molar refractivity (Wildman–Crippen MR) is 101 cm³/mol. The summed E-state index contributed by atoms with van der Waals surface area (Å²) >= 11 is 1.84. The number of hydrogen-bond acceptors (Lipinski definition) is 3. The Hall–Kier alpha value is -1.07. The molecule has 1 fully saturated rings. The van der Waals surface area contributed by atoms with Crippen molar-refractivity contribution in [3.63, 3.8) is 0 Å². The van der Waals surface area contributed by atoms with Crippen LogP contribution in [0.4, 0.5) is 0 Å². The van der Waals surface area contributed by atoms with Crippen LogP contribution in [0.25, 0.3) is 0 Å². The van der Waals surface area contributed by atoms with Crippen molar-refractivity contribution in [3.05, 3.63) is 22.4 Å². The van der Waals surface area contributed by atoms with Crippen LogP contribution in [0, 0.1) is 11.8 Å². The zero-order valence-corrected chi connectivity index (χ0v) is 15.7. The molecule has 130 valence electrons. The van der Waals surface area contributed by atoms with Gasteiger partial charge in [-0.05, 0) is 55.6 Å². The van der Waals surface area contributed by atoms with Crippen molar-refractivity contribution in [2.24, 2.45) is 16.8 Å². The summed E-state index contributed by atoms with van der Waals surface area (Å²) in [5.41, 5.74) is 0. The smallest absolute Gasteiger partial charge is 0.190 e. The first-order chi connectivity index (χ1) is 11.2. The highest BCUT2D eigenvalue weighted by Crippen LogP contribution is 2.13. The summed E-state index contributed by atoms with van der Waals surface area (Å²) in [7, 11) is 1.85. The van der Waals surface area contributed by atoms with Gasteiger partial charge >= 0.3 is 0 Å². The van der Waals surface area contributed by atoms with Crippen molar-refractivity contribution < 1.29 is 0 Å². The average molecular weight is 337 g/mol. The zero-order valence-electron chi connectivity index (χ0n) is 14.8. The fourth-order valence-corrected chi connectivity index (χ4v) is 3.95. The first-order valence-electron chi connectivity index (χ1n) is 8.86. The van der Waals surface area contributed by atoms with Gasteiger partial charge in [0.05, 0.1) is 0 Å². The molecule has 2 rings (SSSR count). The Kier molecular flexibility index (Phi) is 7.89. The van der Waals surface area contributed by atoms with E-state index < -0.39 is 0 Å². The molecule has 4 nitrogen and oxygen atoms in total. The number of thiophene rings is 1. The van der Waals surface area contributed by atoms with Crippen molar-refractivity contribution in [1.82, 2.24) is 15.5 Å². The van der Waals surface area contributed by atoms with Crippen LogP contribution in [-0.2, 0) is 6.42 Å². The summed E-state index contributed by atoms with van der Waals surface area (Å²) in [6.45, 7) is 10.3. The summed E-state index contributed by atoms with van der Waals surface area (Å²) in [6, 6.07) is 4.34. The van der Waals surface area contributed by atoms with Gasteiger partial charge in [0, 0.05) is 31.6 Å². The Labute approximate surface area is 145 Å². The molecular formula is C18H32N4S. The summed E-state index contributed by atoms with van der Waals surface area (Å²) in [6.07, 6.45) is 3.87. The summed E-state index contributed by atoms with van der Waals surface area (Å²) in [5, 5.41) is 9.08. The Morgan fingerprint density at radius 3 is 2.52 bits per heavy atom. The van der Waals surface area contributed by atoms with Gasteiger partial charge in [0.15, 0.2) is 5.96 Å². The normalized spacial score (nSPS) is 18.8. The predicted octanol–water partition coefficient (Wildman–Crippen LogP) is 2.82. The quantitative estimate of drug-likeness (QED) is 0.566. The van der Waals surface area contributed by atoms with Crippen molar-refractivity contribution in [3.8, 4) is 0 Å². The second-order valence-electron chi connectivity index (χ2n) is 6.84. The van der Waals surface area contributed by atoms with Crippen LogP contribution in [-0.4, -0.2) is 50.6 Å². The van der Waals surface area contributed by atoms with Gasteiger partial charge in [-0.15, -0.1) is 11.3 Å². The van der Waals surface area contributed by atoms with Crippen molar-refractivity contribution in [2.75, 3.05) is 39.8 Å². The number of nitrogens with one attached hydrogen (secondary N) is 2. The second kappa shape index (κ2) is 9.93. The Morgan fingerprint density at radius 1 is 1.22 bits per heavy atom. The topological polar surface area (TPSA) is 39.7 Å². The van der Waals surface area contributed by atoms with Crippen LogP contribution in [0.3, 0.4) is 0 Å². The van der Waals surface area contributed by atoms with Gasteiger partial charge < -0.3 is 15.5 Å². The molecule has 2 heterocycles. The number of guanidine groups is 1. The zero-order chi connectivity index (χ0) is 16.5. The standard InChI is InChI=1S/C18H32N4S/c1-15(11-17-7-6-10-23-17)12-20-18(19-3)21-13-16(2)14-22-8-4-5-9-22/h6-7,10,15-16H,4-5,8-9,11-14H2,1-3H3,(H2,19,20,21). The van der Waals surface area contributed by atoms with E-state index in [2.05, 4.69) is 51.9 Å². The van der Waals surface area contributed by atoms with E-state index in [1.165, 1.54) is 37.4 Å². The molecule has 1 aliphatic heterocycles. The first-order valence-corrected chi connectivity index (χ1v) is 9.74. The van der Waals surface area contributed by atoms with Crippen LogP contribution in [0.2, 0.25) is 0 Å². The molecule has 23 heavy (non-hydrogen) atoms. The van der Waals surface area contributed by atoms with E-state index in [0.29, 0.717) is 11.8 Å². The SMILES string of the molecule is CN=C(NCC(C)Cc1cccs1)NCC(C)CN1CCCC1. The third-order valence-corrected chi connectivity index (χ3v) is 5.26. The number of hydrogen-bond donors (Lipinski definition) is 2. The maximum absolute atomic E-state index is 4.34. The molecular weight excluding hydrogens is 304 g/mol. The molecule has 1 aromatic rings. The summed E-state index contributed by atoms with van der Waals surface area (Å²) < 4.78 is 0. The molecule has 2 atom stereocenters. The molecule has 0 bridgehead atoms. The van der Waals surface area contributed by atoms with Gasteiger partial charge in [-0.25, -0.2) is 0 Å². The summed E-state index contributed by atoms with van der Waals surface area (Å²) in [4.78, 5) is 8.38. The van der Waals surface area contributed by atoms with Crippen LogP contribution in [0.5, 0.6) is 0 Å². The average Bonchev–Trinajstić information content (AvgIpc) is 3.21. The second-order valence-corrected chi connectivity index (χ2v) is 7.87. The molecule has 0 spiro atoms. The minimum atomic E-state index is 0.606. The lowest BCUT2D eigenvalue weighted by Crippen LogP contribution is -2.42. The van der Waals surface area contributed by atoms with Crippen LogP contribution in [0.1, 0.15) is 31.6 Å². The fourth-order valence-electron chi connectivity index (χ4n) is 3.08. The van der Waals surface area contributed by atoms with Gasteiger partial charge in [-0.2, -0.15) is 0 Å². The summed E-state index contributed by atoms with van der Waals surface area (Å²) in [5.74, 6) is 2.18. The number of likely N-dealkylation sites (tertiary alicyclic amines) is 1. The van der Waals surface area contributed by atoms with Crippen LogP contribution in [0.15, 0.2) is 22.5 Å². The Bertz CT molecular complexity index is 452. The molecule has 5 heteroatoms. The maximum Gasteiger partial charge on any atom is 0.190 e. The maximum atomic E-state index is 4.34. The van der Waals surface area contributed by atoms with Crippen molar-refractivity contribution >= 4 is 17.3 Å². The molecule has 0 amide bonds. The van der Waals surface area contributed by atoms with Crippen LogP contribution < -0.4 is 10.6 Å². The minimum Gasteiger partial charge on any atom is -0.356 e. The monoisotopic (exact) mass is 336 g/mol. The lowest BCUT2D eigenvalue weighted by Gasteiger charge is -2.22. The highest BCUT2D eigenvalue weighted by molar-refractivity contribution is 7.09. The van der Waals surface area contributed by atoms with Gasteiger partial charge in [0.1, 0.15) is 0 Å². The van der Waals surface area contributed by atoms with E-state index in [1.54, 1.807) is 0 Å². The van der Waals surface area contributed by atoms with E-state index in [9.17, 15) is 0 Å². The Morgan fingerprint density at radius 2 is 1.91 bits per heavy atom. The van der Waals surface area contributed by atoms with Gasteiger partial charge in [0.2, 0.25) is 0 Å². The lowest BCUT2D eigenvalue weighted by atomic mass is 10.1. The number of nitrogens with zero attached hydrogens (tertiary/aromatic N) is 2. The van der Waals surface area contributed by atoms with E-state index in [0.717, 1.165) is 25.5 Å². The Balaban J connectivity index is 1.62. The molecule has 1 saturated heterocycles. The van der Waals surface area contributed by atoms with Gasteiger partial charge in [-0.1, -0.05) is 19.9 Å². The van der Waals surface area contributed by atoms with Crippen LogP contribution >= 0.6 is 11.3 Å². The molecule has 0 aliphatic carbocycles. The fraction of sp³-hybridized carbons (Fsp3) is 0.722. The highest BCUT2D eigenvalue weighted by Gasteiger charge is 2.14. The number of aliphatic imine (C=N–C) groups is 1. The molecule has 1 aromatic heterocycles. The van der Waals surface area contributed by atoms with Crippen molar-refractivity contribution in [2.45, 2.75) is 33.1 Å². The molecule has 2 unspecified atom stereocenters. The van der Waals surface area contributed by atoms with E-state index in [4.69, 9.17) is 0 Å². The number of rotatable bonds is 8. The van der Waals surface area contributed by atoms with Crippen molar-refractivity contribution in [1.29, 1.82) is 0 Å². The molecule has 0 aromatic carbocycles. The molecule has 2 N–H and O–H groups in total. The van der Waals surface area contributed by atoms with E-state index in [-0.39, 0.29) is 0 Å². The molecule has 1 aliphatic rings. The first kappa shape index (κ1) is 18.3. The molecule has 0 radical (unpaired) electrons. The highest BCUT2D eigenvalue weighted by atomic mass is 32.1. The van der Waals surface area contributed by atoms with Gasteiger partial charge in [0.25, 0.3) is 0 Å². The van der Waals surface area contributed by atoms with E-state index >= 15 is 0 Å². The minimum absolute atomic E-state index is 0.606. The van der Waals surface area contributed by atoms with Gasteiger partial charge in [-0.3, -0.25) is 4.99 Å². The third kappa shape index (κ3) is 6.92. The largest absolute Gasteiger partial charge is 0.356 e. The molecule has 0 saturated carbocycles. The lowest BCUT2D eigenvalue weighted by molar-refractivity contribution is 0.287.